The van der Waals surface area contributed by atoms with E-state index >= 15 is 0 Å². The summed E-state index contributed by atoms with van der Waals surface area (Å²) in [5, 5.41) is 12.7. The van der Waals surface area contributed by atoms with Crippen molar-refractivity contribution in [3.63, 3.8) is 0 Å². The van der Waals surface area contributed by atoms with Crippen LogP contribution in [-0.4, -0.2) is 47.4 Å². The topological polar surface area (TPSA) is 58.6 Å². The highest BCUT2D eigenvalue weighted by molar-refractivity contribution is 7.99. The molecular formula is C11H19NO3S. The summed E-state index contributed by atoms with van der Waals surface area (Å²) in [5.74, 6) is 0.901. The van der Waals surface area contributed by atoms with Gasteiger partial charge in [-0.1, -0.05) is 0 Å². The van der Waals surface area contributed by atoms with Crippen molar-refractivity contribution in [2.75, 3.05) is 18.6 Å². The van der Waals surface area contributed by atoms with E-state index in [4.69, 9.17) is 4.74 Å². The molecule has 1 heterocycles. The Labute approximate surface area is 100 Å². The lowest BCUT2D eigenvalue weighted by molar-refractivity contribution is -0.144. The molecule has 92 valence electrons. The van der Waals surface area contributed by atoms with Gasteiger partial charge in [0, 0.05) is 18.9 Å². The zero-order valence-corrected chi connectivity index (χ0v) is 10.4. The van der Waals surface area contributed by atoms with Crippen LogP contribution in [0.5, 0.6) is 0 Å². The summed E-state index contributed by atoms with van der Waals surface area (Å²) in [5.41, 5.74) is -0.712. The average Bonchev–Trinajstić information content (AvgIpc) is 2.88. The zero-order chi connectivity index (χ0) is 11.6. The number of carboxylic acid groups (broad SMARTS) is 1. The molecule has 16 heavy (non-hydrogen) atoms. The van der Waals surface area contributed by atoms with Crippen molar-refractivity contribution in [3.8, 4) is 0 Å². The number of thioether (sulfide) groups is 1. The second kappa shape index (κ2) is 4.94. The van der Waals surface area contributed by atoms with Crippen molar-refractivity contribution >= 4 is 17.7 Å². The lowest BCUT2D eigenvalue weighted by Crippen LogP contribution is -2.58. The van der Waals surface area contributed by atoms with E-state index < -0.39 is 11.5 Å². The first-order valence-corrected chi connectivity index (χ1v) is 6.95. The summed E-state index contributed by atoms with van der Waals surface area (Å²) in [7, 11) is 1.71. The molecule has 2 rings (SSSR count). The van der Waals surface area contributed by atoms with E-state index in [1.165, 1.54) is 0 Å². The number of hydrogen-bond acceptors (Lipinski definition) is 4. The smallest absolute Gasteiger partial charge is 0.324 e. The third kappa shape index (κ3) is 2.21. The van der Waals surface area contributed by atoms with Crippen molar-refractivity contribution in [3.05, 3.63) is 0 Å². The van der Waals surface area contributed by atoms with Gasteiger partial charge in [-0.25, -0.2) is 0 Å². The summed E-state index contributed by atoms with van der Waals surface area (Å²) >= 11 is 1.72. The van der Waals surface area contributed by atoms with Gasteiger partial charge in [-0.3, -0.25) is 10.1 Å². The van der Waals surface area contributed by atoms with Crippen molar-refractivity contribution in [1.29, 1.82) is 0 Å². The monoisotopic (exact) mass is 245 g/mol. The molecule has 0 amide bonds. The van der Waals surface area contributed by atoms with Gasteiger partial charge in [0.2, 0.25) is 0 Å². The second-order valence-corrected chi connectivity index (χ2v) is 5.75. The van der Waals surface area contributed by atoms with Gasteiger partial charge in [0.15, 0.2) is 0 Å². The Hall–Kier alpha value is -0.260. The predicted octanol–water partition coefficient (Wildman–Crippen LogP) is 1.10. The second-order valence-electron chi connectivity index (χ2n) is 4.65. The Morgan fingerprint density at radius 1 is 1.56 bits per heavy atom. The number of aliphatic carboxylic acids is 1. The molecule has 0 bridgehead atoms. The van der Waals surface area contributed by atoms with Crippen LogP contribution in [0, 0.1) is 0 Å². The Bertz CT molecular complexity index is 266. The molecule has 0 aromatic carbocycles. The number of methoxy groups -OCH3 is 1. The maximum Gasteiger partial charge on any atom is 0.324 e. The summed E-state index contributed by atoms with van der Waals surface area (Å²) in [6.45, 7) is 0. The average molecular weight is 245 g/mol. The van der Waals surface area contributed by atoms with Gasteiger partial charge in [0.1, 0.15) is 5.54 Å². The Balaban J connectivity index is 2.03. The number of carbonyl (C=O) groups is 1. The minimum atomic E-state index is -0.712. The van der Waals surface area contributed by atoms with Gasteiger partial charge in [-0.15, -0.1) is 0 Å². The van der Waals surface area contributed by atoms with Crippen LogP contribution in [0.2, 0.25) is 0 Å². The van der Waals surface area contributed by atoms with E-state index in [1.54, 1.807) is 18.9 Å². The number of rotatable bonds is 4. The number of carboxylic acids is 1. The zero-order valence-electron chi connectivity index (χ0n) is 9.57. The fourth-order valence-corrected chi connectivity index (χ4v) is 3.97. The van der Waals surface area contributed by atoms with Crippen LogP contribution in [0.4, 0.5) is 0 Å². The molecule has 0 radical (unpaired) electrons. The number of hydrogen-bond donors (Lipinski definition) is 2. The highest BCUT2D eigenvalue weighted by Gasteiger charge is 2.45. The molecule has 0 aromatic rings. The van der Waals surface area contributed by atoms with E-state index in [2.05, 4.69) is 5.32 Å². The van der Waals surface area contributed by atoms with Crippen molar-refractivity contribution in [2.24, 2.45) is 0 Å². The highest BCUT2D eigenvalue weighted by atomic mass is 32.2. The summed E-state index contributed by atoms with van der Waals surface area (Å²) in [4.78, 5) is 11.4. The molecule has 1 saturated carbocycles. The third-order valence-corrected chi connectivity index (χ3v) is 4.84. The molecule has 0 spiro atoms. The standard InChI is InChI=1S/C11H19NO3S/c1-15-9-4-2-3-8(9)12-11(10(13)14)5-6-16-7-11/h8-9,12H,2-7H2,1H3,(H,13,14). The fraction of sp³-hybridized carbons (Fsp3) is 0.909. The van der Waals surface area contributed by atoms with Crippen LogP contribution in [0.1, 0.15) is 25.7 Å². The number of nitrogens with one attached hydrogen (secondary N) is 1. The Morgan fingerprint density at radius 2 is 2.38 bits per heavy atom. The van der Waals surface area contributed by atoms with Crippen LogP contribution in [0.25, 0.3) is 0 Å². The normalized spacial score (nSPS) is 39.1. The molecule has 5 heteroatoms. The summed E-state index contributed by atoms with van der Waals surface area (Å²) in [6, 6.07) is 0.208. The molecule has 1 aliphatic heterocycles. The van der Waals surface area contributed by atoms with E-state index in [-0.39, 0.29) is 12.1 Å². The summed E-state index contributed by atoms with van der Waals surface area (Å²) in [6.07, 6.45) is 4.09. The molecule has 0 aromatic heterocycles. The van der Waals surface area contributed by atoms with Crippen LogP contribution in [0.15, 0.2) is 0 Å². The van der Waals surface area contributed by atoms with Crippen molar-refractivity contribution in [2.45, 2.75) is 43.4 Å². The van der Waals surface area contributed by atoms with Crippen molar-refractivity contribution < 1.29 is 14.6 Å². The quantitative estimate of drug-likeness (QED) is 0.777. The van der Waals surface area contributed by atoms with Crippen LogP contribution < -0.4 is 5.32 Å². The van der Waals surface area contributed by atoms with E-state index in [9.17, 15) is 9.90 Å². The van der Waals surface area contributed by atoms with E-state index in [0.29, 0.717) is 5.75 Å². The first kappa shape index (κ1) is 12.2. The van der Waals surface area contributed by atoms with E-state index in [1.807, 2.05) is 0 Å². The minimum Gasteiger partial charge on any atom is -0.480 e. The first-order valence-electron chi connectivity index (χ1n) is 5.79. The first-order chi connectivity index (χ1) is 7.68. The van der Waals surface area contributed by atoms with Crippen LogP contribution in [0.3, 0.4) is 0 Å². The van der Waals surface area contributed by atoms with Gasteiger partial charge >= 0.3 is 5.97 Å². The molecule has 3 unspecified atom stereocenters. The molecule has 2 aliphatic rings. The largest absolute Gasteiger partial charge is 0.480 e. The maximum absolute atomic E-state index is 11.4. The van der Waals surface area contributed by atoms with E-state index in [0.717, 1.165) is 31.4 Å². The molecule has 2 N–H and O–H groups in total. The minimum absolute atomic E-state index is 0.182. The molecule has 3 atom stereocenters. The van der Waals surface area contributed by atoms with Crippen LogP contribution in [-0.2, 0) is 9.53 Å². The lowest BCUT2D eigenvalue weighted by atomic mass is 9.97. The van der Waals surface area contributed by atoms with Crippen molar-refractivity contribution in [1.82, 2.24) is 5.32 Å². The molecule has 1 saturated heterocycles. The predicted molar refractivity (Wildman–Crippen MR) is 63.9 cm³/mol. The van der Waals surface area contributed by atoms with Gasteiger partial charge in [-0.2, -0.15) is 11.8 Å². The molecule has 2 fully saturated rings. The van der Waals surface area contributed by atoms with Gasteiger partial charge < -0.3 is 9.84 Å². The third-order valence-electron chi connectivity index (χ3n) is 3.65. The molecule has 4 nitrogen and oxygen atoms in total. The number of ether oxygens (including phenoxy) is 1. The lowest BCUT2D eigenvalue weighted by Gasteiger charge is -2.31. The molecule has 1 aliphatic carbocycles. The van der Waals surface area contributed by atoms with Crippen LogP contribution >= 0.6 is 11.8 Å². The van der Waals surface area contributed by atoms with Gasteiger partial charge in [0.05, 0.1) is 6.10 Å². The highest BCUT2D eigenvalue weighted by Crippen LogP contribution is 2.32. The Kier molecular flexibility index (Phi) is 3.77. The Morgan fingerprint density at radius 3 is 2.94 bits per heavy atom. The van der Waals surface area contributed by atoms with Gasteiger partial charge in [-0.05, 0) is 31.4 Å². The SMILES string of the molecule is COC1CCCC1NC1(C(=O)O)CCSC1. The fourth-order valence-electron chi connectivity index (χ4n) is 2.64. The van der Waals surface area contributed by atoms with Gasteiger partial charge in [0.25, 0.3) is 0 Å². The molecular weight excluding hydrogens is 226 g/mol. The summed E-state index contributed by atoms with van der Waals surface area (Å²) < 4.78 is 5.40. The maximum atomic E-state index is 11.4.